The summed E-state index contributed by atoms with van der Waals surface area (Å²) in [4.78, 5) is 0. The van der Waals surface area contributed by atoms with E-state index in [2.05, 4.69) is 13.8 Å². The summed E-state index contributed by atoms with van der Waals surface area (Å²) in [7, 11) is 0. The Balaban J connectivity index is 2.60. The molecule has 0 saturated heterocycles. The second-order valence-electron chi connectivity index (χ2n) is 2.41. The first-order valence-electron chi connectivity index (χ1n) is 4.12. The average molecular weight is 162 g/mol. The van der Waals surface area contributed by atoms with Gasteiger partial charge in [0, 0.05) is 0 Å². The van der Waals surface area contributed by atoms with Crippen LogP contribution in [0.5, 0.6) is 0 Å². The molecule has 0 saturated carbocycles. The molecule has 0 N–H and O–H groups in total. The Morgan fingerprint density at radius 3 is 2.33 bits per heavy atom. The minimum atomic E-state index is 0.498. The molecule has 0 atom stereocenters. The van der Waals surface area contributed by atoms with E-state index < -0.39 is 0 Å². The summed E-state index contributed by atoms with van der Waals surface area (Å²) in [6.07, 6.45) is 5.84. The molecule has 0 nitrogen and oxygen atoms in total. The van der Waals surface area contributed by atoms with Gasteiger partial charge in [-0.15, -0.1) is 0 Å². The van der Waals surface area contributed by atoms with Crippen LogP contribution in [-0.2, 0) is 19.2 Å². The zero-order valence-electron chi connectivity index (χ0n) is 6.74. The van der Waals surface area contributed by atoms with Crippen LogP contribution in [0.4, 0.5) is 0 Å². The normalized spacial score (nSPS) is 9.56. The molecule has 1 heteroatoms. The summed E-state index contributed by atoms with van der Waals surface area (Å²) in [5.74, 6) is 0. The first-order valence-corrected chi connectivity index (χ1v) is 6.33. The van der Waals surface area contributed by atoms with Gasteiger partial charge < -0.3 is 0 Å². The van der Waals surface area contributed by atoms with Crippen molar-refractivity contribution in [2.24, 2.45) is 0 Å². The third-order valence-corrected chi connectivity index (χ3v) is 3.34. The number of rotatable bonds is 6. The molecule has 0 aliphatic carbocycles. The molecule has 0 fully saturated rings. The quantitative estimate of drug-likeness (QED) is 0.414. The zero-order valence-corrected chi connectivity index (χ0v) is 8.30. The van der Waals surface area contributed by atoms with Gasteiger partial charge in [-0.25, -0.2) is 0 Å². The molecule has 54 valence electrons. The molecule has 0 unspecified atom stereocenters. The van der Waals surface area contributed by atoms with Crippen LogP contribution in [0.2, 0.25) is 9.45 Å². The molecular formula is C8H18Ti. The van der Waals surface area contributed by atoms with Crippen LogP contribution in [0.1, 0.15) is 39.5 Å². The molecule has 0 aromatic heterocycles. The van der Waals surface area contributed by atoms with E-state index in [1.165, 1.54) is 30.4 Å². The Hall–Kier alpha value is 0.714. The van der Waals surface area contributed by atoms with Gasteiger partial charge in [-0.3, -0.25) is 0 Å². The molecule has 0 radical (unpaired) electrons. The number of unbranched alkanes of at least 4 members (excludes halogenated alkanes) is 3. The van der Waals surface area contributed by atoms with E-state index in [1.807, 2.05) is 0 Å². The van der Waals surface area contributed by atoms with Crippen LogP contribution < -0.4 is 0 Å². The van der Waals surface area contributed by atoms with Crippen molar-refractivity contribution in [1.82, 2.24) is 0 Å². The number of hydrogen-bond acceptors (Lipinski definition) is 0. The van der Waals surface area contributed by atoms with Crippen molar-refractivity contribution in [2.45, 2.75) is 49.0 Å². The Kier molecular flexibility index (Phi) is 9.41. The van der Waals surface area contributed by atoms with Crippen molar-refractivity contribution in [3.63, 3.8) is 0 Å². The van der Waals surface area contributed by atoms with Gasteiger partial charge in [0.1, 0.15) is 0 Å². The first-order chi connectivity index (χ1) is 4.41. The molecule has 0 aromatic rings. The van der Waals surface area contributed by atoms with Crippen molar-refractivity contribution in [2.75, 3.05) is 0 Å². The predicted octanol–water partition coefficient (Wildman–Crippen LogP) is 3.51. The number of hydrogen-bond donors (Lipinski definition) is 0. The van der Waals surface area contributed by atoms with Gasteiger partial charge in [-0.1, -0.05) is 0 Å². The second kappa shape index (κ2) is 8.71. The molecule has 0 bridgehead atoms. The van der Waals surface area contributed by atoms with Gasteiger partial charge in [0.05, 0.1) is 0 Å². The summed E-state index contributed by atoms with van der Waals surface area (Å²) in [6.45, 7) is 4.59. The van der Waals surface area contributed by atoms with E-state index in [9.17, 15) is 0 Å². The van der Waals surface area contributed by atoms with E-state index in [-0.39, 0.29) is 0 Å². The Bertz CT molecular complexity index is 37.8. The molecule has 0 amide bonds. The summed E-state index contributed by atoms with van der Waals surface area (Å²) in [5, 5.41) is 0. The van der Waals surface area contributed by atoms with Crippen LogP contribution in [0.3, 0.4) is 0 Å². The summed E-state index contributed by atoms with van der Waals surface area (Å²) in [6, 6.07) is 0. The Labute approximate surface area is 68.3 Å². The molecule has 9 heavy (non-hydrogen) atoms. The third-order valence-electron chi connectivity index (χ3n) is 1.46. The van der Waals surface area contributed by atoms with Crippen LogP contribution in [0.15, 0.2) is 0 Å². The van der Waals surface area contributed by atoms with Gasteiger partial charge in [0.25, 0.3) is 0 Å². The Morgan fingerprint density at radius 2 is 1.78 bits per heavy atom. The van der Waals surface area contributed by atoms with Crippen molar-refractivity contribution in [3.05, 3.63) is 0 Å². The van der Waals surface area contributed by atoms with E-state index >= 15 is 0 Å². The average Bonchev–Trinajstić information content (AvgIpc) is 1.89. The monoisotopic (exact) mass is 162 g/mol. The molecule has 0 heterocycles. The van der Waals surface area contributed by atoms with Crippen molar-refractivity contribution in [3.8, 4) is 0 Å². The van der Waals surface area contributed by atoms with E-state index in [1.54, 1.807) is 4.73 Å². The van der Waals surface area contributed by atoms with Crippen LogP contribution in [-0.4, -0.2) is 0 Å². The molecular weight excluding hydrogens is 144 g/mol. The topological polar surface area (TPSA) is 0 Å². The van der Waals surface area contributed by atoms with E-state index in [0.29, 0.717) is 19.2 Å². The van der Waals surface area contributed by atoms with Crippen molar-refractivity contribution < 1.29 is 19.2 Å². The van der Waals surface area contributed by atoms with Gasteiger partial charge in [-0.2, -0.15) is 0 Å². The standard InChI is InChI=1S/C6H13.C2H5.Ti/c1-3-5-6-4-2;1-2;/h1,3-6H2,2H3;1H2,2H3;. The van der Waals surface area contributed by atoms with E-state index in [0.717, 1.165) is 0 Å². The first kappa shape index (κ1) is 9.71. The SMILES string of the molecule is CCCCC[CH2][Ti][CH2]C. The summed E-state index contributed by atoms with van der Waals surface area (Å²) in [5.41, 5.74) is 0. The molecule has 0 aliphatic rings. The fourth-order valence-corrected chi connectivity index (χ4v) is 2.19. The van der Waals surface area contributed by atoms with Crippen LogP contribution >= 0.6 is 0 Å². The summed E-state index contributed by atoms with van der Waals surface area (Å²) < 4.78 is 3.07. The molecule has 0 spiro atoms. The molecule has 0 aliphatic heterocycles. The van der Waals surface area contributed by atoms with Crippen LogP contribution in [0.25, 0.3) is 0 Å². The maximum atomic E-state index is 2.32. The Morgan fingerprint density at radius 1 is 1.00 bits per heavy atom. The fraction of sp³-hybridized carbons (Fsp3) is 1.00. The van der Waals surface area contributed by atoms with Crippen molar-refractivity contribution >= 4 is 0 Å². The third kappa shape index (κ3) is 8.71. The van der Waals surface area contributed by atoms with Crippen molar-refractivity contribution in [1.29, 1.82) is 0 Å². The van der Waals surface area contributed by atoms with Gasteiger partial charge >= 0.3 is 68.1 Å². The maximum absolute atomic E-state index is 2.32. The van der Waals surface area contributed by atoms with Gasteiger partial charge in [0.2, 0.25) is 0 Å². The van der Waals surface area contributed by atoms with Gasteiger partial charge in [-0.05, 0) is 0 Å². The molecule has 0 rings (SSSR count). The zero-order chi connectivity index (χ0) is 6.95. The van der Waals surface area contributed by atoms with Crippen LogP contribution in [0, 0.1) is 0 Å². The fourth-order valence-electron chi connectivity index (χ4n) is 0.854. The van der Waals surface area contributed by atoms with E-state index in [4.69, 9.17) is 0 Å². The summed E-state index contributed by atoms with van der Waals surface area (Å²) >= 11 is 0.498. The second-order valence-corrected chi connectivity index (χ2v) is 5.08. The predicted molar refractivity (Wildman–Crippen MR) is 39.4 cm³/mol. The minimum absolute atomic E-state index is 0.498. The molecule has 0 aromatic carbocycles. The van der Waals surface area contributed by atoms with Gasteiger partial charge in [0.15, 0.2) is 0 Å².